The third kappa shape index (κ3) is 4.06. The van der Waals surface area contributed by atoms with Crippen LogP contribution in [-0.4, -0.2) is 40.5 Å². The molecule has 0 aliphatic heterocycles. The maximum absolute atomic E-state index is 11.1. The number of primary amides is 1. The molecule has 0 aliphatic carbocycles. The Labute approximate surface area is 153 Å². The van der Waals surface area contributed by atoms with E-state index in [-0.39, 0.29) is 17.4 Å². The number of amides is 1. The van der Waals surface area contributed by atoms with E-state index in [2.05, 4.69) is 20.1 Å². The van der Waals surface area contributed by atoms with Crippen LogP contribution in [0.3, 0.4) is 0 Å². The molecule has 0 aliphatic rings. The van der Waals surface area contributed by atoms with Crippen LogP contribution in [0.1, 0.15) is 0 Å². The smallest absolute Gasteiger partial charge is 0.390 e. The predicted molar refractivity (Wildman–Crippen MR) is 90.7 cm³/mol. The number of benzene rings is 1. The minimum absolute atomic E-state index is 0.0419. The van der Waals surface area contributed by atoms with Gasteiger partial charge >= 0.3 is 5.95 Å². The molecule has 0 bridgehead atoms. The second-order valence-corrected chi connectivity index (χ2v) is 6.04. The van der Waals surface area contributed by atoms with Crippen LogP contribution in [0, 0.1) is 20.2 Å². The number of rotatable bonds is 7. The van der Waals surface area contributed by atoms with Crippen molar-refractivity contribution in [2.24, 2.45) is 5.73 Å². The maximum atomic E-state index is 11.1. The summed E-state index contributed by atoms with van der Waals surface area (Å²) < 4.78 is 1.01. The van der Waals surface area contributed by atoms with Crippen LogP contribution in [0.4, 0.5) is 11.6 Å². The van der Waals surface area contributed by atoms with Gasteiger partial charge in [-0.15, -0.1) is 0 Å². The molecule has 1 amide bonds. The molecule has 27 heavy (non-hydrogen) atoms. The van der Waals surface area contributed by atoms with Gasteiger partial charge in [-0.2, -0.15) is 4.68 Å². The number of nitrogens with two attached hydrogens (primary N) is 1. The molecule has 0 atom stereocenters. The normalized spacial score (nSPS) is 10.7. The van der Waals surface area contributed by atoms with Crippen molar-refractivity contribution in [3.63, 3.8) is 0 Å². The van der Waals surface area contributed by atoms with Crippen LogP contribution in [0.2, 0.25) is 0 Å². The van der Waals surface area contributed by atoms with Gasteiger partial charge < -0.3 is 20.8 Å². The molecule has 2 aromatic heterocycles. The lowest BCUT2D eigenvalue weighted by molar-refractivity contribution is -0.394. The number of non-ortho nitro benzene ring substituents is 1. The Morgan fingerprint density at radius 1 is 1.22 bits per heavy atom. The van der Waals surface area contributed by atoms with E-state index < -0.39 is 21.7 Å². The third-order valence-electron chi connectivity index (χ3n) is 3.23. The minimum atomic E-state index is -0.786. The monoisotopic (exact) mass is 390 g/mol. The minimum Gasteiger partial charge on any atom is -0.390 e. The van der Waals surface area contributed by atoms with Gasteiger partial charge in [-0.05, 0) is 22.0 Å². The Morgan fingerprint density at radius 3 is 2.52 bits per heavy atom. The number of H-pyrrole nitrogens is 1. The highest BCUT2D eigenvalue weighted by Crippen LogP contribution is 2.28. The predicted octanol–water partition coefficient (Wildman–Crippen LogP) is 1.12. The standard InChI is InChI=1S/C13H10N8O5S/c14-10(22)6-19-13(17-11(18-19)21(25)26)27-12-15-5-9(16-12)7-1-3-8(4-2-7)20(23)24/h1-5H,6H2,(H2,14,22)(H,15,16). The van der Waals surface area contributed by atoms with Gasteiger partial charge in [0.25, 0.3) is 10.8 Å². The van der Waals surface area contributed by atoms with Crippen LogP contribution in [-0.2, 0) is 11.3 Å². The van der Waals surface area contributed by atoms with Crippen molar-refractivity contribution in [2.75, 3.05) is 0 Å². The third-order valence-corrected chi connectivity index (χ3v) is 4.11. The van der Waals surface area contributed by atoms with Crippen LogP contribution in [0.25, 0.3) is 11.3 Å². The number of hydrogen-bond donors (Lipinski definition) is 2. The van der Waals surface area contributed by atoms with Crippen LogP contribution >= 0.6 is 11.8 Å². The zero-order valence-electron chi connectivity index (χ0n) is 13.3. The topological polar surface area (TPSA) is 189 Å². The van der Waals surface area contributed by atoms with Gasteiger partial charge in [0.2, 0.25) is 5.91 Å². The van der Waals surface area contributed by atoms with Crippen LogP contribution < -0.4 is 5.73 Å². The summed E-state index contributed by atoms with van der Waals surface area (Å²) in [4.78, 5) is 42.2. The van der Waals surface area contributed by atoms with Gasteiger partial charge in [-0.25, -0.2) is 4.98 Å². The summed E-state index contributed by atoms with van der Waals surface area (Å²) in [6.45, 7) is -0.376. The van der Waals surface area contributed by atoms with Crippen molar-refractivity contribution in [3.8, 4) is 11.3 Å². The Hall–Kier alpha value is -3.81. The largest absolute Gasteiger partial charge is 0.492 e. The molecule has 3 N–H and O–H groups in total. The first-order valence-corrected chi connectivity index (χ1v) is 8.00. The second kappa shape index (κ2) is 7.20. The first-order valence-electron chi connectivity index (χ1n) is 7.18. The summed E-state index contributed by atoms with van der Waals surface area (Å²) in [6, 6.07) is 5.83. The summed E-state index contributed by atoms with van der Waals surface area (Å²) in [7, 11) is 0. The molecule has 13 nitrogen and oxygen atoms in total. The highest BCUT2D eigenvalue weighted by atomic mass is 32.2. The number of carbonyl (C=O) groups is 1. The zero-order chi connectivity index (χ0) is 19.6. The van der Waals surface area contributed by atoms with E-state index >= 15 is 0 Å². The van der Waals surface area contributed by atoms with Crippen molar-refractivity contribution < 1.29 is 14.6 Å². The fourth-order valence-corrected chi connectivity index (χ4v) is 2.85. The molecule has 0 radical (unpaired) electrons. The molecule has 138 valence electrons. The lowest BCUT2D eigenvalue weighted by Crippen LogP contribution is -2.20. The van der Waals surface area contributed by atoms with Gasteiger partial charge in [0, 0.05) is 34.6 Å². The summed E-state index contributed by atoms with van der Waals surface area (Å²) in [5.41, 5.74) is 6.29. The Balaban J connectivity index is 1.84. The summed E-state index contributed by atoms with van der Waals surface area (Å²) >= 11 is 0.920. The fraction of sp³-hybridized carbons (Fsp3) is 0.0769. The number of nitrogens with zero attached hydrogens (tertiary/aromatic N) is 6. The highest BCUT2D eigenvalue weighted by molar-refractivity contribution is 7.99. The van der Waals surface area contributed by atoms with Crippen molar-refractivity contribution in [2.45, 2.75) is 16.9 Å². The number of carbonyl (C=O) groups excluding carboxylic acids is 1. The van der Waals surface area contributed by atoms with Crippen LogP contribution in [0.15, 0.2) is 40.8 Å². The van der Waals surface area contributed by atoms with E-state index in [1.807, 2.05) is 0 Å². The summed E-state index contributed by atoms with van der Waals surface area (Å²) in [6.07, 6.45) is 1.49. The molecule has 0 fully saturated rings. The zero-order valence-corrected chi connectivity index (χ0v) is 14.1. The van der Waals surface area contributed by atoms with Gasteiger partial charge in [-0.1, -0.05) is 0 Å². The first kappa shape index (κ1) is 18.0. The van der Waals surface area contributed by atoms with Gasteiger partial charge in [-0.3, -0.25) is 14.9 Å². The van der Waals surface area contributed by atoms with E-state index in [1.165, 1.54) is 18.3 Å². The molecule has 0 spiro atoms. The summed E-state index contributed by atoms with van der Waals surface area (Å²) in [5, 5.41) is 25.5. The van der Waals surface area contributed by atoms with E-state index in [9.17, 15) is 25.0 Å². The molecule has 0 saturated heterocycles. The summed E-state index contributed by atoms with van der Waals surface area (Å²) in [5.74, 6) is -1.40. The Morgan fingerprint density at radius 2 is 1.93 bits per heavy atom. The van der Waals surface area contributed by atoms with E-state index in [1.54, 1.807) is 12.1 Å². The van der Waals surface area contributed by atoms with Crippen molar-refractivity contribution in [3.05, 3.63) is 50.7 Å². The SMILES string of the molecule is NC(=O)Cn1nc([N+](=O)[O-])nc1Sc1ncc(-c2ccc([N+](=O)[O-])cc2)[nH]1. The average molecular weight is 390 g/mol. The van der Waals surface area contributed by atoms with Gasteiger partial charge in [0.15, 0.2) is 5.16 Å². The first-order chi connectivity index (χ1) is 12.8. The number of aromatic amines is 1. The van der Waals surface area contributed by atoms with E-state index in [4.69, 9.17) is 5.73 Å². The van der Waals surface area contributed by atoms with Crippen molar-refractivity contribution in [1.29, 1.82) is 0 Å². The number of nitrogens with one attached hydrogen (secondary N) is 1. The van der Waals surface area contributed by atoms with E-state index in [0.717, 1.165) is 16.4 Å². The molecule has 3 rings (SSSR count). The number of nitro benzene ring substituents is 1. The number of imidazole rings is 1. The lowest BCUT2D eigenvalue weighted by Gasteiger charge is -1.97. The van der Waals surface area contributed by atoms with Crippen LogP contribution in [0.5, 0.6) is 0 Å². The van der Waals surface area contributed by atoms with Gasteiger partial charge in [0.05, 0.1) is 16.8 Å². The second-order valence-electron chi connectivity index (χ2n) is 5.08. The lowest BCUT2D eigenvalue weighted by atomic mass is 10.1. The molecule has 0 unspecified atom stereocenters. The van der Waals surface area contributed by atoms with Crippen molar-refractivity contribution in [1.82, 2.24) is 24.7 Å². The average Bonchev–Trinajstić information content (AvgIpc) is 3.23. The van der Waals surface area contributed by atoms with Gasteiger partial charge in [0.1, 0.15) is 6.54 Å². The molecule has 14 heteroatoms. The molecule has 2 heterocycles. The molecular formula is C13H10N8O5S. The number of hydrogen-bond acceptors (Lipinski definition) is 9. The number of nitro groups is 2. The fourth-order valence-electron chi connectivity index (χ4n) is 2.07. The van der Waals surface area contributed by atoms with E-state index in [0.29, 0.717) is 16.4 Å². The Kier molecular flexibility index (Phi) is 4.80. The molecule has 0 saturated carbocycles. The quantitative estimate of drug-likeness (QED) is 0.440. The molecule has 1 aromatic carbocycles. The van der Waals surface area contributed by atoms with Crippen molar-refractivity contribution >= 4 is 29.3 Å². The molecule has 3 aromatic rings. The maximum Gasteiger partial charge on any atom is 0.492 e. The number of aromatic nitrogens is 5. The highest BCUT2D eigenvalue weighted by Gasteiger charge is 2.24. The Bertz CT molecular complexity index is 1030. The molecular weight excluding hydrogens is 380 g/mol.